The molecule has 8 rings (SSSR count). The average molecular weight is 844 g/mol. The molecular formula is C47H45N3O12. The molecule has 7 atom stereocenters. The first-order valence-electron chi connectivity index (χ1n) is 20.0. The van der Waals surface area contributed by atoms with Gasteiger partial charge in [-0.15, -0.1) is 0 Å². The zero-order valence-electron chi connectivity index (χ0n) is 34.0. The number of hydrogen-bond acceptors (Lipinski definition) is 14. The highest BCUT2D eigenvalue weighted by Gasteiger charge is 2.50. The van der Waals surface area contributed by atoms with Gasteiger partial charge in [-0.05, 0) is 80.9 Å². The first-order chi connectivity index (χ1) is 29.9. The minimum Gasteiger partial charge on any atom is -0.508 e. The Labute approximate surface area is 355 Å². The summed E-state index contributed by atoms with van der Waals surface area (Å²) in [6, 6.07) is 24.9. The van der Waals surface area contributed by atoms with Crippen LogP contribution in [-0.2, 0) is 30.3 Å². The molecule has 5 aromatic rings. The lowest BCUT2D eigenvalue weighted by molar-refractivity contribution is -0.323. The van der Waals surface area contributed by atoms with Gasteiger partial charge in [0, 0.05) is 29.5 Å². The second kappa shape index (κ2) is 17.8. The summed E-state index contributed by atoms with van der Waals surface area (Å²) < 4.78 is 24.0. The molecule has 0 bridgehead atoms. The fourth-order valence-electron chi connectivity index (χ4n) is 8.04. The summed E-state index contributed by atoms with van der Waals surface area (Å²) in [5, 5.41) is 48.0. The lowest BCUT2D eigenvalue weighted by atomic mass is 9.93. The van der Waals surface area contributed by atoms with Crippen LogP contribution in [0, 0.1) is 19.8 Å². The molecule has 1 fully saturated rings. The van der Waals surface area contributed by atoms with Crippen molar-refractivity contribution in [1.29, 1.82) is 0 Å². The summed E-state index contributed by atoms with van der Waals surface area (Å²) in [5.41, 5.74) is 6.46. The number of esters is 1. The molecule has 0 radical (unpaired) electrons. The van der Waals surface area contributed by atoms with Crippen molar-refractivity contribution in [3.8, 4) is 22.6 Å². The number of likely N-dealkylation sites (N-methyl/N-ethyl adjacent to an activating group) is 1. The molecule has 4 heterocycles. The van der Waals surface area contributed by atoms with Gasteiger partial charge in [0.05, 0.1) is 28.9 Å². The molecule has 0 aliphatic carbocycles. The first kappa shape index (κ1) is 42.1. The number of carbonyl (C=O) groups is 2. The zero-order valence-corrected chi connectivity index (χ0v) is 34.0. The van der Waals surface area contributed by atoms with Crippen LogP contribution in [-0.4, -0.2) is 101 Å². The number of phenolic OH excluding ortho intramolecular Hbond substituents is 1. The molecule has 4 aromatic carbocycles. The van der Waals surface area contributed by atoms with Crippen LogP contribution in [0.3, 0.4) is 0 Å². The highest BCUT2D eigenvalue weighted by molar-refractivity contribution is 5.95. The maximum Gasteiger partial charge on any atom is 0.322 e. The lowest BCUT2D eigenvalue weighted by Crippen LogP contribution is -2.62. The number of nitrogens with one attached hydrogen (secondary N) is 1. The van der Waals surface area contributed by atoms with E-state index in [1.54, 1.807) is 30.5 Å². The third-order valence-corrected chi connectivity index (χ3v) is 11.1. The molecule has 320 valence electrons. The van der Waals surface area contributed by atoms with Crippen molar-refractivity contribution in [2.24, 2.45) is 10.9 Å². The molecule has 1 aromatic heterocycles. The van der Waals surface area contributed by atoms with Crippen molar-refractivity contribution in [1.82, 2.24) is 10.4 Å². The highest BCUT2D eigenvalue weighted by Crippen LogP contribution is 2.40. The molecule has 3 aliphatic heterocycles. The Morgan fingerprint density at radius 1 is 0.952 bits per heavy atom. The predicted octanol–water partition coefficient (Wildman–Crippen LogP) is 4.68. The second-order valence-electron chi connectivity index (χ2n) is 15.5. The maximum absolute atomic E-state index is 13.5. The minimum absolute atomic E-state index is 0.0491. The number of ether oxygens (including phenoxy) is 3. The molecule has 15 heteroatoms. The van der Waals surface area contributed by atoms with E-state index in [-0.39, 0.29) is 46.4 Å². The SMILES string of the molecule is CN[C@H](Cc1ccccc1)[C@@H](C(=O)O)C(=O)OC[C@@H]1O[C@H](Oc2ccc3c(=O)c(-c4ccc(O)cc4)coc3c2)[C@@H](ON2CC3=CC=NC3=C2c2cc(C)cc(C)c2)[C@H](O)[C@H]1O. The molecule has 0 unspecified atom stereocenters. The number of hydroxylamine groups is 2. The number of aromatic hydroxyl groups is 1. The number of aliphatic carboxylic acids is 1. The highest BCUT2D eigenvalue weighted by atomic mass is 16.8. The monoisotopic (exact) mass is 843 g/mol. The Balaban J connectivity index is 1.08. The van der Waals surface area contributed by atoms with E-state index in [2.05, 4.69) is 10.3 Å². The van der Waals surface area contributed by atoms with E-state index in [9.17, 15) is 34.8 Å². The number of aliphatic hydroxyl groups is 2. The van der Waals surface area contributed by atoms with Gasteiger partial charge >= 0.3 is 11.9 Å². The maximum atomic E-state index is 13.5. The van der Waals surface area contributed by atoms with E-state index in [1.807, 2.05) is 68.5 Å². The Hall–Kier alpha value is -6.62. The molecule has 3 aliphatic rings. The van der Waals surface area contributed by atoms with Crippen molar-refractivity contribution < 1.29 is 53.5 Å². The number of aryl methyl sites for hydroxylation is 2. The lowest BCUT2D eigenvalue weighted by Gasteiger charge is -2.43. The van der Waals surface area contributed by atoms with Gasteiger partial charge in [-0.3, -0.25) is 24.2 Å². The van der Waals surface area contributed by atoms with Crippen LogP contribution in [0.25, 0.3) is 27.8 Å². The summed E-state index contributed by atoms with van der Waals surface area (Å²) in [6.07, 6.45) is -2.64. The summed E-state index contributed by atoms with van der Waals surface area (Å²) in [4.78, 5) is 50.6. The van der Waals surface area contributed by atoms with Crippen molar-refractivity contribution in [3.05, 3.63) is 147 Å². The van der Waals surface area contributed by atoms with Crippen molar-refractivity contribution in [2.75, 3.05) is 20.2 Å². The van der Waals surface area contributed by atoms with E-state index in [0.717, 1.165) is 27.8 Å². The van der Waals surface area contributed by atoms with Gasteiger partial charge in [0.25, 0.3) is 0 Å². The molecule has 62 heavy (non-hydrogen) atoms. The number of hydrogen-bond donors (Lipinski definition) is 5. The molecule has 15 nitrogen and oxygen atoms in total. The van der Waals surface area contributed by atoms with Crippen LogP contribution < -0.4 is 15.5 Å². The normalized spacial score (nSPS) is 21.7. The largest absolute Gasteiger partial charge is 0.508 e. The Morgan fingerprint density at radius 3 is 2.40 bits per heavy atom. The Kier molecular flexibility index (Phi) is 12.1. The molecule has 0 amide bonds. The van der Waals surface area contributed by atoms with Gasteiger partial charge in [0.1, 0.15) is 48.3 Å². The topological polar surface area (TPSA) is 210 Å². The van der Waals surface area contributed by atoms with Crippen LogP contribution in [0.1, 0.15) is 22.3 Å². The van der Waals surface area contributed by atoms with Crippen LogP contribution >= 0.6 is 0 Å². The van der Waals surface area contributed by atoms with E-state index in [0.29, 0.717) is 17.0 Å². The Morgan fingerprint density at radius 2 is 1.69 bits per heavy atom. The third-order valence-electron chi connectivity index (χ3n) is 11.1. The van der Waals surface area contributed by atoms with Gasteiger partial charge in [-0.2, -0.15) is 0 Å². The molecule has 1 saturated heterocycles. The number of phenols is 1. The van der Waals surface area contributed by atoms with Gasteiger partial charge in [0.2, 0.25) is 6.29 Å². The Bertz CT molecular complexity index is 2620. The fraction of sp³-hybridized carbons (Fsp3) is 0.277. The summed E-state index contributed by atoms with van der Waals surface area (Å²) in [7, 11) is 1.55. The number of carbonyl (C=O) groups excluding carboxylic acids is 1. The number of carboxylic acid groups (broad SMARTS) is 1. The third kappa shape index (κ3) is 8.62. The number of carboxylic acids is 1. The van der Waals surface area contributed by atoms with Crippen molar-refractivity contribution in [3.63, 3.8) is 0 Å². The number of allylic oxidation sites excluding steroid dienone is 1. The van der Waals surface area contributed by atoms with Crippen molar-refractivity contribution >= 4 is 34.8 Å². The van der Waals surface area contributed by atoms with Crippen LogP contribution in [0.5, 0.6) is 11.5 Å². The number of aliphatic imine (C=N–C) groups is 1. The molecule has 0 saturated carbocycles. The van der Waals surface area contributed by atoms with E-state index >= 15 is 0 Å². The number of nitrogens with zero attached hydrogens (tertiary/aromatic N) is 2. The average Bonchev–Trinajstić information content (AvgIpc) is 3.84. The molecule has 5 N–H and O–H groups in total. The first-order valence-corrected chi connectivity index (χ1v) is 20.0. The van der Waals surface area contributed by atoms with Crippen LogP contribution in [0.2, 0.25) is 0 Å². The van der Waals surface area contributed by atoms with Crippen LogP contribution in [0.15, 0.2) is 129 Å². The van der Waals surface area contributed by atoms with Gasteiger partial charge in [0.15, 0.2) is 17.5 Å². The number of aliphatic hydroxyl groups excluding tert-OH is 2. The summed E-state index contributed by atoms with van der Waals surface area (Å²) in [6.45, 7) is 3.54. The van der Waals surface area contributed by atoms with E-state index < -0.39 is 61.2 Å². The van der Waals surface area contributed by atoms with E-state index in [4.69, 9.17) is 23.5 Å². The van der Waals surface area contributed by atoms with Crippen LogP contribution in [0.4, 0.5) is 0 Å². The summed E-state index contributed by atoms with van der Waals surface area (Å²) >= 11 is 0. The minimum atomic E-state index is -1.70. The number of rotatable bonds is 14. The zero-order chi connectivity index (χ0) is 43.7. The quantitative estimate of drug-likeness (QED) is 0.0760. The van der Waals surface area contributed by atoms with Gasteiger partial charge in [-0.25, -0.2) is 5.06 Å². The van der Waals surface area contributed by atoms with E-state index in [1.165, 1.54) is 36.6 Å². The fourth-order valence-corrected chi connectivity index (χ4v) is 8.04. The second-order valence-corrected chi connectivity index (χ2v) is 15.5. The van der Waals surface area contributed by atoms with Gasteiger partial charge < -0.3 is 44.4 Å². The molecule has 0 spiro atoms. The smallest absolute Gasteiger partial charge is 0.322 e. The predicted molar refractivity (Wildman–Crippen MR) is 227 cm³/mol. The van der Waals surface area contributed by atoms with Crippen molar-refractivity contribution in [2.45, 2.75) is 57.0 Å². The number of benzene rings is 4. The molecular weight excluding hydrogens is 799 g/mol. The number of fused-ring (bicyclic) bond motifs is 2. The van der Waals surface area contributed by atoms with Gasteiger partial charge in [-0.1, -0.05) is 59.7 Å². The standard InChI is InChI=1S/C47H45N3O12/c1-25-17-26(2)19-30(18-25)40-39-29(15-16-49-39)22-50(40)62-44-43(54)42(53)37(24-59-46(57)38(45(55)56)35(48-3)20-27-7-5-4-6-8-27)61-47(44)60-32-13-14-33-36(21-32)58-23-34(41(33)52)28-9-11-31(51)12-10-28/h4-19,21,23,35,37-38,42-44,47-48,51,53-54H,20,22,24H2,1-3H3,(H,55,56)/t35-,37+,38+,42+,43-,44+,47+/m1/s1. The summed E-state index contributed by atoms with van der Waals surface area (Å²) in [5.74, 6) is -3.93.